The zero-order valence-electron chi connectivity index (χ0n) is 16.4. The van der Waals surface area contributed by atoms with E-state index < -0.39 is 0 Å². The van der Waals surface area contributed by atoms with Crippen LogP contribution in [-0.4, -0.2) is 28.9 Å². The number of fused-ring (bicyclic) bond motifs is 3. The molecule has 0 bridgehead atoms. The third-order valence-corrected chi connectivity index (χ3v) is 7.27. The van der Waals surface area contributed by atoms with Crippen LogP contribution in [0.2, 0.25) is 0 Å². The largest absolute Gasteiger partial charge is 0.312 e. The number of nitrogens with one attached hydrogen (secondary N) is 1. The van der Waals surface area contributed by atoms with E-state index in [1.807, 2.05) is 24.3 Å². The molecule has 0 fully saturated rings. The lowest BCUT2D eigenvalue weighted by molar-refractivity contribution is 0.102. The second kappa shape index (κ2) is 7.25. The maximum atomic E-state index is 13.5. The molecule has 0 radical (unpaired) electrons. The number of rotatable bonds is 3. The van der Waals surface area contributed by atoms with Gasteiger partial charge in [-0.25, -0.2) is 0 Å². The highest BCUT2D eigenvalue weighted by atomic mass is 32.1. The van der Waals surface area contributed by atoms with E-state index >= 15 is 0 Å². The van der Waals surface area contributed by atoms with Crippen LogP contribution < -0.4 is 5.32 Å². The molecule has 0 saturated heterocycles. The first-order valence-electron chi connectivity index (χ1n) is 10.2. The molecular weight excluding hydrogens is 380 g/mol. The third-order valence-electron chi connectivity index (χ3n) is 6.06. The monoisotopic (exact) mass is 402 g/mol. The summed E-state index contributed by atoms with van der Waals surface area (Å²) in [7, 11) is 0. The van der Waals surface area contributed by atoms with E-state index in [2.05, 4.69) is 23.2 Å². The molecule has 0 atom stereocenters. The first-order valence-corrected chi connectivity index (χ1v) is 11.0. The van der Waals surface area contributed by atoms with Gasteiger partial charge in [-0.15, -0.1) is 11.3 Å². The Morgan fingerprint density at radius 1 is 1.28 bits per heavy atom. The van der Waals surface area contributed by atoms with Gasteiger partial charge in [-0.3, -0.25) is 14.7 Å². The molecule has 3 aromatic rings. The smallest absolute Gasteiger partial charge is 0.257 e. The van der Waals surface area contributed by atoms with Gasteiger partial charge in [0.15, 0.2) is 0 Å². The quantitative estimate of drug-likeness (QED) is 0.710. The number of hydrogen-bond acceptors (Lipinski definition) is 5. The fourth-order valence-corrected chi connectivity index (χ4v) is 5.79. The average Bonchev–Trinajstić information content (AvgIpc) is 3.32. The van der Waals surface area contributed by atoms with Gasteiger partial charge >= 0.3 is 0 Å². The van der Waals surface area contributed by atoms with Crippen LogP contribution in [0.15, 0.2) is 24.3 Å². The van der Waals surface area contributed by atoms with Crippen LogP contribution in [0, 0.1) is 11.3 Å². The molecule has 1 aliphatic heterocycles. The summed E-state index contributed by atoms with van der Waals surface area (Å²) in [5.41, 5.74) is 5.39. The molecule has 1 N–H and O–H groups in total. The van der Waals surface area contributed by atoms with E-state index in [9.17, 15) is 10.1 Å². The Kier molecular flexibility index (Phi) is 4.57. The lowest BCUT2D eigenvalue weighted by Gasteiger charge is -2.29. The van der Waals surface area contributed by atoms with Crippen LogP contribution >= 0.6 is 11.3 Å². The summed E-state index contributed by atoms with van der Waals surface area (Å²) in [4.78, 5) is 22.0. The number of nitriles is 1. The minimum Gasteiger partial charge on any atom is -0.312 e. The number of thiophene rings is 1. The molecular formula is C23H22N4OS. The minimum absolute atomic E-state index is 0.130. The number of anilines is 1. The molecule has 2 aliphatic rings. The van der Waals surface area contributed by atoms with Crippen molar-refractivity contribution in [3.8, 4) is 6.07 Å². The van der Waals surface area contributed by atoms with Crippen LogP contribution in [0.25, 0.3) is 10.9 Å². The molecule has 0 saturated carbocycles. The Morgan fingerprint density at radius 3 is 2.97 bits per heavy atom. The van der Waals surface area contributed by atoms with Crippen LogP contribution in [0.3, 0.4) is 0 Å². The molecule has 3 heterocycles. The first-order chi connectivity index (χ1) is 14.2. The highest BCUT2D eigenvalue weighted by Crippen LogP contribution is 2.39. The van der Waals surface area contributed by atoms with E-state index in [-0.39, 0.29) is 5.91 Å². The first kappa shape index (κ1) is 18.3. The number of pyridine rings is 1. The van der Waals surface area contributed by atoms with E-state index in [4.69, 9.17) is 4.98 Å². The van der Waals surface area contributed by atoms with Gasteiger partial charge in [-0.05, 0) is 37.4 Å². The van der Waals surface area contributed by atoms with Gasteiger partial charge in [0.1, 0.15) is 11.1 Å². The molecule has 1 aromatic carbocycles. The number of likely N-dealkylation sites (N-methyl/N-ethyl adjacent to an activating group) is 1. The summed E-state index contributed by atoms with van der Waals surface area (Å²) in [5, 5.41) is 14.3. The van der Waals surface area contributed by atoms with E-state index in [0.717, 1.165) is 73.0 Å². The lowest BCUT2D eigenvalue weighted by atomic mass is 9.95. The van der Waals surface area contributed by atoms with Gasteiger partial charge in [0.25, 0.3) is 5.91 Å². The van der Waals surface area contributed by atoms with Crippen molar-refractivity contribution in [2.75, 3.05) is 18.4 Å². The van der Waals surface area contributed by atoms with E-state index in [1.165, 1.54) is 4.88 Å². The average molecular weight is 403 g/mol. The van der Waals surface area contributed by atoms with Crippen LogP contribution in [0.5, 0.6) is 0 Å². The second-order valence-corrected chi connectivity index (χ2v) is 8.78. The van der Waals surface area contributed by atoms with Gasteiger partial charge in [-0.1, -0.05) is 25.1 Å². The summed E-state index contributed by atoms with van der Waals surface area (Å²) in [5.74, 6) is -0.130. The maximum Gasteiger partial charge on any atom is 0.257 e. The van der Waals surface area contributed by atoms with Crippen molar-refractivity contribution in [3.63, 3.8) is 0 Å². The van der Waals surface area contributed by atoms with Crippen LogP contribution in [-0.2, 0) is 25.8 Å². The lowest BCUT2D eigenvalue weighted by Crippen LogP contribution is -2.33. The van der Waals surface area contributed by atoms with Crippen molar-refractivity contribution in [2.45, 2.75) is 39.2 Å². The number of para-hydroxylation sites is 1. The van der Waals surface area contributed by atoms with Crippen LogP contribution in [0.4, 0.5) is 5.00 Å². The van der Waals surface area contributed by atoms with Crippen molar-refractivity contribution in [2.24, 2.45) is 0 Å². The predicted molar refractivity (Wildman–Crippen MR) is 115 cm³/mol. The van der Waals surface area contributed by atoms with Crippen LogP contribution in [0.1, 0.15) is 51.0 Å². The summed E-state index contributed by atoms with van der Waals surface area (Å²) < 4.78 is 0. The number of aryl methyl sites for hydroxylation is 1. The molecule has 146 valence electrons. The highest BCUT2D eigenvalue weighted by molar-refractivity contribution is 7.16. The number of carbonyl (C=O) groups is 1. The molecule has 5 nitrogen and oxygen atoms in total. The number of hydrogen-bond donors (Lipinski definition) is 1. The SMILES string of the molecule is CCN1CCc2nc3ccccc3c(C(=O)Nc3sc4c(c3C#N)CCC4)c2C1. The summed E-state index contributed by atoms with van der Waals surface area (Å²) in [6, 6.07) is 10.2. The molecule has 1 amide bonds. The number of aromatic nitrogens is 1. The molecule has 2 aromatic heterocycles. The van der Waals surface area contributed by atoms with E-state index in [0.29, 0.717) is 16.1 Å². The zero-order valence-corrected chi connectivity index (χ0v) is 17.2. The Balaban J connectivity index is 1.61. The standard InChI is InChI=1S/C23H22N4OS/c1-2-27-11-10-19-17(13-27)21(15-6-3-4-8-18(15)25-19)22(28)26-23-16(12-24)14-7-5-9-20(14)29-23/h3-4,6,8H,2,5,7,9-11,13H2,1H3,(H,26,28). The molecule has 0 spiro atoms. The predicted octanol–water partition coefficient (Wildman–Crippen LogP) is 4.29. The number of benzene rings is 1. The second-order valence-electron chi connectivity index (χ2n) is 7.68. The molecule has 6 heteroatoms. The third kappa shape index (κ3) is 3.02. The summed E-state index contributed by atoms with van der Waals surface area (Å²) in [6.45, 7) is 4.79. The van der Waals surface area contributed by atoms with Gasteiger partial charge in [0, 0.05) is 41.0 Å². The topological polar surface area (TPSA) is 69.0 Å². The van der Waals surface area contributed by atoms with Gasteiger partial charge in [0.2, 0.25) is 0 Å². The Labute approximate surface area is 174 Å². The van der Waals surface area contributed by atoms with Crippen molar-refractivity contribution in [3.05, 3.63) is 57.1 Å². The van der Waals surface area contributed by atoms with Crippen molar-refractivity contribution < 1.29 is 4.79 Å². The zero-order chi connectivity index (χ0) is 20.0. The molecule has 1 aliphatic carbocycles. The minimum atomic E-state index is -0.130. The Morgan fingerprint density at radius 2 is 2.14 bits per heavy atom. The van der Waals surface area contributed by atoms with Crippen molar-refractivity contribution in [1.82, 2.24) is 9.88 Å². The summed E-state index contributed by atoms with van der Waals surface area (Å²) in [6.07, 6.45) is 3.89. The molecule has 0 unspecified atom stereocenters. The fraction of sp³-hybridized carbons (Fsp3) is 0.348. The Hall–Kier alpha value is -2.75. The molecule has 5 rings (SSSR count). The number of carbonyl (C=O) groups excluding carboxylic acids is 1. The normalized spacial score (nSPS) is 15.7. The highest BCUT2D eigenvalue weighted by Gasteiger charge is 2.28. The van der Waals surface area contributed by atoms with Gasteiger partial charge in [0.05, 0.1) is 16.6 Å². The number of nitrogens with zero attached hydrogens (tertiary/aromatic N) is 3. The van der Waals surface area contributed by atoms with Crippen molar-refractivity contribution in [1.29, 1.82) is 5.26 Å². The summed E-state index contributed by atoms with van der Waals surface area (Å²) >= 11 is 1.56. The van der Waals surface area contributed by atoms with Gasteiger partial charge in [-0.2, -0.15) is 5.26 Å². The maximum absolute atomic E-state index is 13.5. The number of amides is 1. The molecule has 29 heavy (non-hydrogen) atoms. The Bertz CT molecular complexity index is 1170. The van der Waals surface area contributed by atoms with Gasteiger partial charge < -0.3 is 5.32 Å². The van der Waals surface area contributed by atoms with Crippen molar-refractivity contribution >= 4 is 33.1 Å². The fourth-order valence-electron chi connectivity index (χ4n) is 4.55. The van der Waals surface area contributed by atoms with E-state index in [1.54, 1.807) is 11.3 Å².